The van der Waals surface area contributed by atoms with Crippen LogP contribution in [0.15, 0.2) is 40.0 Å². The van der Waals surface area contributed by atoms with E-state index >= 15 is 0 Å². The molecule has 0 spiro atoms. The summed E-state index contributed by atoms with van der Waals surface area (Å²) in [6.45, 7) is 0.361. The van der Waals surface area contributed by atoms with Crippen LogP contribution in [-0.4, -0.2) is 16.7 Å². The molecule has 0 amide bonds. The second-order valence-corrected chi connectivity index (χ2v) is 4.60. The number of methoxy groups -OCH3 is 1. The minimum absolute atomic E-state index is 0.144. The van der Waals surface area contributed by atoms with E-state index in [9.17, 15) is 4.79 Å². The monoisotopic (exact) mass is 309 g/mol. The Morgan fingerprint density at radius 2 is 2.28 bits per heavy atom. The Morgan fingerprint density at radius 1 is 1.50 bits per heavy atom. The standard InChI is InChI=1S/C12H12BrN3O2/c1-18-11-3-2-9(14)4-8(11)6-16-7-15-5-10(13)12(16)17/h2-5,7H,6,14H2,1H3. The number of rotatable bonds is 3. The maximum atomic E-state index is 11.9. The van der Waals surface area contributed by atoms with Crippen LogP contribution >= 0.6 is 15.9 Å². The third-order valence-electron chi connectivity index (χ3n) is 2.50. The summed E-state index contributed by atoms with van der Waals surface area (Å²) in [6.07, 6.45) is 2.95. The summed E-state index contributed by atoms with van der Waals surface area (Å²) in [5.74, 6) is 0.691. The van der Waals surface area contributed by atoms with Crippen molar-refractivity contribution in [2.75, 3.05) is 12.8 Å². The van der Waals surface area contributed by atoms with Crippen molar-refractivity contribution >= 4 is 21.6 Å². The maximum absolute atomic E-state index is 11.9. The first-order valence-electron chi connectivity index (χ1n) is 5.24. The Hall–Kier alpha value is -1.82. The van der Waals surface area contributed by atoms with Gasteiger partial charge in [0.1, 0.15) is 10.2 Å². The predicted molar refractivity (Wildman–Crippen MR) is 72.7 cm³/mol. The molecule has 0 aliphatic heterocycles. The minimum atomic E-state index is -0.144. The van der Waals surface area contributed by atoms with Gasteiger partial charge >= 0.3 is 0 Å². The van der Waals surface area contributed by atoms with Crippen molar-refractivity contribution in [3.05, 3.63) is 51.1 Å². The molecule has 6 heteroatoms. The van der Waals surface area contributed by atoms with Crippen LogP contribution in [0, 0.1) is 0 Å². The van der Waals surface area contributed by atoms with Crippen LogP contribution in [-0.2, 0) is 6.54 Å². The number of halogens is 1. The van der Waals surface area contributed by atoms with Gasteiger partial charge in [0.2, 0.25) is 0 Å². The number of hydrogen-bond acceptors (Lipinski definition) is 4. The van der Waals surface area contributed by atoms with Gasteiger partial charge in [0.25, 0.3) is 5.56 Å². The van der Waals surface area contributed by atoms with Crippen LogP contribution < -0.4 is 16.0 Å². The molecule has 94 valence electrons. The van der Waals surface area contributed by atoms with E-state index in [0.29, 0.717) is 22.5 Å². The Morgan fingerprint density at radius 3 is 3.00 bits per heavy atom. The van der Waals surface area contributed by atoms with E-state index < -0.39 is 0 Å². The first kappa shape index (κ1) is 12.6. The molecule has 1 aromatic heterocycles. The fourth-order valence-electron chi connectivity index (χ4n) is 1.64. The van der Waals surface area contributed by atoms with E-state index in [1.807, 2.05) is 0 Å². The van der Waals surface area contributed by atoms with Crippen molar-refractivity contribution in [1.29, 1.82) is 0 Å². The van der Waals surface area contributed by atoms with Crippen LogP contribution in [0.4, 0.5) is 5.69 Å². The van der Waals surface area contributed by atoms with Crippen LogP contribution in [0.5, 0.6) is 5.75 Å². The molecule has 0 saturated heterocycles. The molecule has 1 heterocycles. The highest BCUT2D eigenvalue weighted by Gasteiger charge is 2.07. The third kappa shape index (κ3) is 2.53. The largest absolute Gasteiger partial charge is 0.496 e. The highest BCUT2D eigenvalue weighted by atomic mass is 79.9. The fourth-order valence-corrected chi connectivity index (χ4v) is 1.99. The predicted octanol–water partition coefficient (Wildman–Crippen LogP) is 1.64. The maximum Gasteiger partial charge on any atom is 0.267 e. The van der Waals surface area contributed by atoms with Gasteiger partial charge in [-0.15, -0.1) is 0 Å². The number of benzene rings is 1. The molecule has 2 N–H and O–H groups in total. The molecule has 1 aromatic carbocycles. The molecule has 0 saturated carbocycles. The average Bonchev–Trinajstić information content (AvgIpc) is 2.35. The van der Waals surface area contributed by atoms with Crippen molar-refractivity contribution in [1.82, 2.24) is 9.55 Å². The third-order valence-corrected chi connectivity index (χ3v) is 3.05. The lowest BCUT2D eigenvalue weighted by atomic mass is 10.1. The molecule has 0 radical (unpaired) electrons. The number of aromatic nitrogens is 2. The zero-order valence-corrected chi connectivity index (χ0v) is 11.3. The molecular weight excluding hydrogens is 298 g/mol. The zero-order chi connectivity index (χ0) is 13.1. The first-order chi connectivity index (χ1) is 8.61. The molecule has 0 atom stereocenters. The number of nitrogen functional groups attached to an aromatic ring is 1. The van der Waals surface area contributed by atoms with Crippen LogP contribution in [0.2, 0.25) is 0 Å². The molecule has 0 bridgehead atoms. The van der Waals surface area contributed by atoms with Gasteiger partial charge in [0.15, 0.2) is 0 Å². The van der Waals surface area contributed by atoms with Crippen molar-refractivity contribution in [3.8, 4) is 5.75 Å². The van der Waals surface area contributed by atoms with Crippen molar-refractivity contribution < 1.29 is 4.74 Å². The van der Waals surface area contributed by atoms with Gasteiger partial charge in [0.05, 0.1) is 20.0 Å². The van der Waals surface area contributed by atoms with Crippen LogP contribution in [0.3, 0.4) is 0 Å². The highest BCUT2D eigenvalue weighted by molar-refractivity contribution is 9.10. The molecule has 2 rings (SSSR count). The summed E-state index contributed by atoms with van der Waals surface area (Å²) >= 11 is 3.16. The quantitative estimate of drug-likeness (QED) is 0.875. The highest BCUT2D eigenvalue weighted by Crippen LogP contribution is 2.21. The topological polar surface area (TPSA) is 70.1 Å². The Bertz CT molecular complexity index is 625. The second-order valence-electron chi connectivity index (χ2n) is 3.75. The van der Waals surface area contributed by atoms with E-state index in [4.69, 9.17) is 10.5 Å². The molecule has 0 fully saturated rings. The lowest BCUT2D eigenvalue weighted by Crippen LogP contribution is -2.21. The summed E-state index contributed by atoms with van der Waals surface area (Å²) in [4.78, 5) is 15.8. The first-order valence-corrected chi connectivity index (χ1v) is 6.03. The van der Waals surface area contributed by atoms with Gasteiger partial charge in [-0.1, -0.05) is 0 Å². The minimum Gasteiger partial charge on any atom is -0.496 e. The van der Waals surface area contributed by atoms with Crippen molar-refractivity contribution in [2.24, 2.45) is 0 Å². The van der Waals surface area contributed by atoms with Gasteiger partial charge < -0.3 is 10.5 Å². The van der Waals surface area contributed by atoms with E-state index in [1.165, 1.54) is 17.1 Å². The summed E-state index contributed by atoms with van der Waals surface area (Å²) in [5.41, 5.74) is 7.05. The van der Waals surface area contributed by atoms with Crippen LogP contribution in [0.1, 0.15) is 5.56 Å². The molecule has 0 unspecified atom stereocenters. The van der Waals surface area contributed by atoms with Gasteiger partial charge in [0, 0.05) is 17.4 Å². The summed E-state index contributed by atoms with van der Waals surface area (Å²) in [7, 11) is 1.58. The fraction of sp³-hybridized carbons (Fsp3) is 0.167. The summed E-state index contributed by atoms with van der Waals surface area (Å²) in [6, 6.07) is 5.32. The smallest absolute Gasteiger partial charge is 0.267 e. The Labute approximate surface area is 112 Å². The van der Waals surface area contributed by atoms with Gasteiger partial charge in [-0.2, -0.15) is 0 Å². The van der Waals surface area contributed by atoms with Gasteiger partial charge in [-0.25, -0.2) is 4.98 Å². The zero-order valence-electron chi connectivity index (χ0n) is 9.76. The molecular formula is C12H12BrN3O2. The number of hydrogen-bond donors (Lipinski definition) is 1. The van der Waals surface area contributed by atoms with Gasteiger partial charge in [-0.3, -0.25) is 9.36 Å². The second kappa shape index (κ2) is 5.22. The normalized spacial score (nSPS) is 10.3. The van der Waals surface area contributed by atoms with E-state index in [2.05, 4.69) is 20.9 Å². The number of anilines is 1. The van der Waals surface area contributed by atoms with Crippen LogP contribution in [0.25, 0.3) is 0 Å². The van der Waals surface area contributed by atoms with Crippen molar-refractivity contribution in [3.63, 3.8) is 0 Å². The molecule has 2 aromatic rings. The summed E-state index contributed by atoms with van der Waals surface area (Å²) in [5, 5.41) is 0. The summed E-state index contributed by atoms with van der Waals surface area (Å²) < 4.78 is 7.15. The number of nitrogens with two attached hydrogens (primary N) is 1. The molecule has 18 heavy (non-hydrogen) atoms. The van der Waals surface area contributed by atoms with Crippen molar-refractivity contribution in [2.45, 2.75) is 6.54 Å². The van der Waals surface area contributed by atoms with E-state index in [0.717, 1.165) is 5.56 Å². The molecule has 5 nitrogen and oxygen atoms in total. The Kier molecular flexibility index (Phi) is 3.66. The average molecular weight is 310 g/mol. The number of nitrogens with zero attached hydrogens (tertiary/aromatic N) is 2. The SMILES string of the molecule is COc1ccc(N)cc1Cn1cncc(Br)c1=O. The Balaban J connectivity index is 2.42. The lowest BCUT2D eigenvalue weighted by molar-refractivity contribution is 0.408. The molecule has 0 aliphatic carbocycles. The van der Waals surface area contributed by atoms with Gasteiger partial charge in [-0.05, 0) is 34.1 Å². The van der Waals surface area contributed by atoms with E-state index in [1.54, 1.807) is 25.3 Å². The number of ether oxygens (including phenoxy) is 1. The lowest BCUT2D eigenvalue weighted by Gasteiger charge is -2.10. The van der Waals surface area contributed by atoms with E-state index in [-0.39, 0.29) is 5.56 Å². The molecule has 0 aliphatic rings.